The molecule has 0 aliphatic heterocycles. The number of nitrogens with zero attached hydrogens (tertiary/aromatic N) is 4. The Morgan fingerprint density at radius 2 is 1.33 bits per heavy atom. The van der Waals surface area contributed by atoms with Gasteiger partial charge in [0.1, 0.15) is 5.69 Å². The smallest absolute Gasteiger partial charge is 0.151 e. The van der Waals surface area contributed by atoms with Gasteiger partial charge in [-0.25, -0.2) is 0 Å². The molecule has 0 spiro atoms. The van der Waals surface area contributed by atoms with Gasteiger partial charge in [0, 0.05) is 37.1 Å². The van der Waals surface area contributed by atoms with Crippen LogP contribution in [-0.4, -0.2) is 20.0 Å². The molecule has 0 bridgehead atoms. The fraction of sp³-hybridized carbons (Fsp3) is 0.136. The van der Waals surface area contributed by atoms with E-state index in [-0.39, 0.29) is 0 Å². The molecular formula is C22H20N4O. The molecule has 5 nitrogen and oxygen atoms in total. The summed E-state index contributed by atoms with van der Waals surface area (Å²) in [5, 5.41) is 4.22. The van der Waals surface area contributed by atoms with Gasteiger partial charge in [-0.1, -0.05) is 47.6 Å². The van der Waals surface area contributed by atoms with Crippen molar-refractivity contribution in [1.29, 1.82) is 0 Å². The zero-order chi connectivity index (χ0) is 18.3. The second-order valence-corrected chi connectivity index (χ2v) is 6.33. The van der Waals surface area contributed by atoms with Crippen LogP contribution in [-0.2, 0) is 19.6 Å². The Kier molecular flexibility index (Phi) is 5.31. The maximum absolute atomic E-state index is 5.59. The van der Waals surface area contributed by atoms with Crippen LogP contribution in [0.5, 0.6) is 0 Å². The fourth-order valence-electron chi connectivity index (χ4n) is 2.96. The molecule has 0 unspecified atom stereocenters. The van der Waals surface area contributed by atoms with E-state index in [0.717, 1.165) is 28.4 Å². The summed E-state index contributed by atoms with van der Waals surface area (Å²) in [5.41, 5.74) is 3.92. The number of rotatable bonds is 7. The number of benzene rings is 1. The lowest BCUT2D eigenvalue weighted by Gasteiger charge is -2.20. The van der Waals surface area contributed by atoms with Crippen LogP contribution in [0, 0.1) is 0 Å². The molecule has 0 fully saturated rings. The van der Waals surface area contributed by atoms with Crippen LogP contribution in [0.4, 0.5) is 0 Å². The first-order valence-corrected chi connectivity index (χ1v) is 8.90. The summed E-state index contributed by atoms with van der Waals surface area (Å²) in [6.07, 6.45) is 3.63. The van der Waals surface area contributed by atoms with Crippen LogP contribution in [0.3, 0.4) is 0 Å². The third-order valence-electron chi connectivity index (χ3n) is 4.23. The summed E-state index contributed by atoms with van der Waals surface area (Å²) in [6, 6.07) is 24.0. The molecule has 5 heteroatoms. The van der Waals surface area contributed by atoms with Gasteiger partial charge in [0.2, 0.25) is 0 Å². The van der Waals surface area contributed by atoms with Gasteiger partial charge in [-0.15, -0.1) is 0 Å². The summed E-state index contributed by atoms with van der Waals surface area (Å²) >= 11 is 0. The van der Waals surface area contributed by atoms with Crippen LogP contribution in [0.2, 0.25) is 0 Å². The molecule has 0 aliphatic carbocycles. The van der Waals surface area contributed by atoms with E-state index in [1.165, 1.54) is 0 Å². The lowest BCUT2D eigenvalue weighted by atomic mass is 10.1. The first kappa shape index (κ1) is 17.1. The first-order chi connectivity index (χ1) is 13.4. The van der Waals surface area contributed by atoms with Gasteiger partial charge in [-0.05, 0) is 24.3 Å². The highest BCUT2D eigenvalue weighted by Gasteiger charge is 2.14. The lowest BCUT2D eigenvalue weighted by molar-refractivity contribution is 0.211. The number of hydrogen-bond donors (Lipinski definition) is 0. The molecule has 4 aromatic rings. The van der Waals surface area contributed by atoms with E-state index in [0.29, 0.717) is 19.6 Å². The Labute approximate surface area is 158 Å². The first-order valence-electron chi connectivity index (χ1n) is 8.90. The van der Waals surface area contributed by atoms with Gasteiger partial charge in [0.05, 0.1) is 17.9 Å². The Morgan fingerprint density at radius 1 is 0.704 bits per heavy atom. The van der Waals surface area contributed by atoms with Gasteiger partial charge in [-0.3, -0.25) is 14.9 Å². The van der Waals surface area contributed by atoms with E-state index in [1.54, 1.807) is 0 Å². The molecule has 4 rings (SSSR count). The van der Waals surface area contributed by atoms with E-state index in [2.05, 4.69) is 20.0 Å². The van der Waals surface area contributed by atoms with Gasteiger partial charge < -0.3 is 4.52 Å². The van der Waals surface area contributed by atoms with Crippen molar-refractivity contribution in [1.82, 2.24) is 20.0 Å². The van der Waals surface area contributed by atoms with Gasteiger partial charge >= 0.3 is 0 Å². The molecule has 0 atom stereocenters. The molecule has 0 saturated carbocycles. The second-order valence-electron chi connectivity index (χ2n) is 6.33. The highest BCUT2D eigenvalue weighted by molar-refractivity contribution is 5.58. The van der Waals surface area contributed by atoms with Crippen LogP contribution < -0.4 is 0 Å². The molecule has 1 aromatic carbocycles. The molecule has 0 amide bonds. The van der Waals surface area contributed by atoms with Crippen molar-refractivity contribution in [2.45, 2.75) is 19.6 Å². The number of hydrogen-bond acceptors (Lipinski definition) is 5. The molecule has 134 valence electrons. The Balaban J connectivity index is 1.52. The average molecular weight is 356 g/mol. The van der Waals surface area contributed by atoms with Crippen molar-refractivity contribution in [3.05, 3.63) is 102 Å². The average Bonchev–Trinajstić information content (AvgIpc) is 3.19. The van der Waals surface area contributed by atoms with Crippen molar-refractivity contribution < 1.29 is 4.52 Å². The summed E-state index contributed by atoms with van der Waals surface area (Å²) in [6.45, 7) is 2.05. The highest BCUT2D eigenvalue weighted by atomic mass is 16.5. The molecule has 3 heterocycles. The highest BCUT2D eigenvalue weighted by Crippen LogP contribution is 2.20. The van der Waals surface area contributed by atoms with Crippen LogP contribution in [0.1, 0.15) is 17.1 Å². The van der Waals surface area contributed by atoms with Crippen molar-refractivity contribution >= 4 is 0 Å². The van der Waals surface area contributed by atoms with E-state index in [4.69, 9.17) is 4.52 Å². The van der Waals surface area contributed by atoms with Crippen molar-refractivity contribution in [3.8, 4) is 11.3 Å². The predicted octanol–water partition coefficient (Wildman–Crippen LogP) is 4.33. The third kappa shape index (κ3) is 4.65. The minimum atomic E-state index is 0.632. The topological polar surface area (TPSA) is 55.1 Å². The molecule has 27 heavy (non-hydrogen) atoms. The van der Waals surface area contributed by atoms with Gasteiger partial charge in [-0.2, -0.15) is 0 Å². The van der Waals surface area contributed by atoms with Gasteiger partial charge in [0.15, 0.2) is 5.76 Å². The van der Waals surface area contributed by atoms with Crippen molar-refractivity contribution in [3.63, 3.8) is 0 Å². The summed E-state index contributed by atoms with van der Waals surface area (Å²) in [4.78, 5) is 11.1. The summed E-state index contributed by atoms with van der Waals surface area (Å²) in [5.74, 6) is 0.820. The zero-order valence-corrected chi connectivity index (χ0v) is 14.9. The van der Waals surface area contributed by atoms with E-state index in [9.17, 15) is 0 Å². The second kappa shape index (κ2) is 8.38. The number of aromatic nitrogens is 3. The minimum absolute atomic E-state index is 0.632. The normalized spacial score (nSPS) is 11.0. The Morgan fingerprint density at radius 3 is 1.93 bits per heavy atom. The molecule has 0 saturated heterocycles. The monoisotopic (exact) mass is 356 g/mol. The van der Waals surface area contributed by atoms with E-state index >= 15 is 0 Å². The minimum Gasteiger partial charge on any atom is -0.359 e. The molecule has 0 aliphatic rings. The Hall–Kier alpha value is -3.31. The summed E-state index contributed by atoms with van der Waals surface area (Å²) in [7, 11) is 0. The van der Waals surface area contributed by atoms with E-state index in [1.807, 2.05) is 85.2 Å². The van der Waals surface area contributed by atoms with Gasteiger partial charge in [0.25, 0.3) is 0 Å². The molecular weight excluding hydrogens is 336 g/mol. The Bertz CT molecular complexity index is 914. The van der Waals surface area contributed by atoms with Crippen LogP contribution in [0.15, 0.2) is 89.7 Å². The van der Waals surface area contributed by atoms with Crippen molar-refractivity contribution in [2.75, 3.05) is 0 Å². The third-order valence-corrected chi connectivity index (χ3v) is 4.23. The largest absolute Gasteiger partial charge is 0.359 e. The van der Waals surface area contributed by atoms with Crippen LogP contribution >= 0.6 is 0 Å². The number of pyridine rings is 2. The van der Waals surface area contributed by atoms with Crippen molar-refractivity contribution in [2.24, 2.45) is 0 Å². The molecule has 3 aromatic heterocycles. The summed E-state index contributed by atoms with van der Waals surface area (Å²) < 4.78 is 5.59. The fourth-order valence-corrected chi connectivity index (χ4v) is 2.96. The molecule has 0 N–H and O–H groups in total. The SMILES string of the molecule is c1ccc(-c2cc(CN(Cc3ccccn3)Cc3ccccn3)on2)cc1. The van der Waals surface area contributed by atoms with E-state index < -0.39 is 0 Å². The quantitative estimate of drug-likeness (QED) is 0.493. The predicted molar refractivity (Wildman–Crippen MR) is 103 cm³/mol. The lowest BCUT2D eigenvalue weighted by Crippen LogP contribution is -2.23. The maximum Gasteiger partial charge on any atom is 0.151 e. The van der Waals surface area contributed by atoms with Crippen LogP contribution in [0.25, 0.3) is 11.3 Å². The zero-order valence-electron chi connectivity index (χ0n) is 14.9. The maximum atomic E-state index is 5.59. The standard InChI is InChI=1S/C22H20N4O/c1-2-8-18(9-3-1)22-14-21(27-25-22)17-26(15-19-10-4-6-12-23-19)16-20-11-5-7-13-24-20/h1-14H,15-17H2. The molecule has 0 radical (unpaired) electrons.